The van der Waals surface area contributed by atoms with Gasteiger partial charge in [-0.15, -0.1) is 0 Å². The van der Waals surface area contributed by atoms with Crippen molar-refractivity contribution in [2.45, 2.75) is 77.3 Å². The van der Waals surface area contributed by atoms with Gasteiger partial charge in [-0.2, -0.15) is 0 Å². The van der Waals surface area contributed by atoms with Crippen LogP contribution >= 0.6 is 0 Å². The maximum Gasteiger partial charge on any atom is 0.409 e. The van der Waals surface area contributed by atoms with Crippen LogP contribution in [0.25, 0.3) is 0 Å². The van der Waals surface area contributed by atoms with Crippen LogP contribution in [-0.4, -0.2) is 48.5 Å². The Bertz CT molecular complexity index is 670. The van der Waals surface area contributed by atoms with Crippen molar-refractivity contribution >= 4 is 12.2 Å². The maximum atomic E-state index is 13.5. The van der Waals surface area contributed by atoms with Crippen LogP contribution in [0.3, 0.4) is 0 Å². The zero-order chi connectivity index (χ0) is 22.1. The third-order valence-electron chi connectivity index (χ3n) is 5.13. The highest BCUT2D eigenvalue weighted by Gasteiger charge is 2.27. The molecule has 0 radical (unpaired) electrons. The van der Waals surface area contributed by atoms with Gasteiger partial charge in [0.15, 0.2) is 0 Å². The summed E-state index contributed by atoms with van der Waals surface area (Å²) in [6.45, 7) is 5.89. The molecule has 2 rings (SSSR count). The van der Waals surface area contributed by atoms with E-state index in [-0.39, 0.29) is 12.6 Å². The first-order valence-electron chi connectivity index (χ1n) is 10.7. The molecular formula is C23H35FN2O4. The van der Waals surface area contributed by atoms with Crippen LogP contribution in [0.5, 0.6) is 0 Å². The molecule has 0 aromatic heterocycles. The van der Waals surface area contributed by atoms with E-state index in [9.17, 15) is 14.0 Å². The van der Waals surface area contributed by atoms with Gasteiger partial charge in [-0.3, -0.25) is 0 Å². The lowest BCUT2D eigenvalue weighted by molar-refractivity contribution is 0.0470. The summed E-state index contributed by atoms with van der Waals surface area (Å²) in [5.74, 6) is 0.311. The fraction of sp³-hybridized carbons (Fsp3) is 0.652. The largest absolute Gasteiger partial charge is 0.445 e. The molecule has 1 aliphatic rings. The number of carbonyl (C=O) groups is 2. The number of ether oxygens (including phenoxy) is 2. The molecule has 0 saturated heterocycles. The normalized spacial score (nSPS) is 20.2. The van der Waals surface area contributed by atoms with Crippen molar-refractivity contribution in [2.24, 2.45) is 5.92 Å². The molecule has 1 atom stereocenters. The maximum absolute atomic E-state index is 13.5. The monoisotopic (exact) mass is 422 g/mol. The first-order chi connectivity index (χ1) is 14.1. The Kier molecular flexibility index (Phi) is 8.93. The summed E-state index contributed by atoms with van der Waals surface area (Å²) in [7, 11) is 1.65. The molecule has 0 aliphatic heterocycles. The highest BCUT2D eigenvalue weighted by Crippen LogP contribution is 2.29. The predicted octanol–water partition coefficient (Wildman–Crippen LogP) is 5.07. The molecule has 0 unspecified atom stereocenters. The number of benzene rings is 1. The highest BCUT2D eigenvalue weighted by atomic mass is 19.1. The van der Waals surface area contributed by atoms with Gasteiger partial charge in [0.05, 0.1) is 6.04 Å². The first kappa shape index (κ1) is 24.0. The summed E-state index contributed by atoms with van der Waals surface area (Å²) in [4.78, 5) is 26.2. The summed E-state index contributed by atoms with van der Waals surface area (Å²) in [6, 6.07) is 9.17. The van der Waals surface area contributed by atoms with Gasteiger partial charge in [-0.05, 0) is 64.4 Å². The van der Waals surface area contributed by atoms with Crippen LogP contribution in [0.1, 0.15) is 58.4 Å². The van der Waals surface area contributed by atoms with Crippen molar-refractivity contribution in [3.8, 4) is 0 Å². The molecule has 0 bridgehead atoms. The number of hydrogen-bond donors (Lipinski definition) is 1. The van der Waals surface area contributed by atoms with Gasteiger partial charge >= 0.3 is 12.2 Å². The van der Waals surface area contributed by atoms with E-state index in [0.717, 1.165) is 18.4 Å². The van der Waals surface area contributed by atoms with Gasteiger partial charge < -0.3 is 19.7 Å². The molecule has 168 valence electrons. The number of amides is 2. The molecule has 30 heavy (non-hydrogen) atoms. The minimum atomic E-state index is -0.728. The third-order valence-corrected chi connectivity index (χ3v) is 5.13. The van der Waals surface area contributed by atoms with Crippen LogP contribution in [-0.2, 0) is 16.1 Å². The molecule has 0 heterocycles. The summed E-state index contributed by atoms with van der Waals surface area (Å²) in [5, 5.41) is 2.89. The predicted molar refractivity (Wildman–Crippen MR) is 114 cm³/mol. The van der Waals surface area contributed by atoms with E-state index in [4.69, 9.17) is 9.47 Å². The van der Waals surface area contributed by atoms with Crippen LogP contribution in [0.15, 0.2) is 30.3 Å². The minimum absolute atomic E-state index is 0.189. The van der Waals surface area contributed by atoms with Gasteiger partial charge in [0.1, 0.15) is 18.4 Å². The molecule has 6 nitrogen and oxygen atoms in total. The number of nitrogens with one attached hydrogen (secondary N) is 1. The van der Waals surface area contributed by atoms with Gasteiger partial charge in [0.25, 0.3) is 0 Å². The zero-order valence-corrected chi connectivity index (χ0v) is 18.5. The standard InChI is InChI=1S/C23H35FN2O4/c1-23(2,3)30-21(27)25-20(14-17-10-12-19(24)13-11-17)15-26(4)22(28)29-16-18-8-6-5-7-9-18/h5-9,17,19-20H,10-16H2,1-4H3,(H,25,27)/t17?,19?,20-/m0/s1. The fourth-order valence-corrected chi connectivity index (χ4v) is 3.65. The minimum Gasteiger partial charge on any atom is -0.445 e. The summed E-state index contributed by atoms with van der Waals surface area (Å²) in [6.07, 6.45) is 1.65. The van der Waals surface area contributed by atoms with E-state index in [1.807, 2.05) is 30.3 Å². The molecule has 1 aliphatic carbocycles. The second-order valence-electron chi connectivity index (χ2n) is 9.12. The molecule has 7 heteroatoms. The second kappa shape index (κ2) is 11.2. The number of halogens is 1. The summed E-state index contributed by atoms with van der Waals surface area (Å²) >= 11 is 0. The quantitative estimate of drug-likeness (QED) is 0.666. The Balaban J connectivity index is 1.92. The zero-order valence-electron chi connectivity index (χ0n) is 18.5. The Morgan fingerprint density at radius 3 is 2.40 bits per heavy atom. The lowest BCUT2D eigenvalue weighted by Gasteiger charge is -2.31. The number of nitrogens with zero attached hydrogens (tertiary/aromatic N) is 1. The Labute approximate surface area is 179 Å². The SMILES string of the molecule is CN(C[C@H](CC1CCC(F)CC1)NC(=O)OC(C)(C)C)C(=O)OCc1ccccc1. The Morgan fingerprint density at radius 2 is 1.80 bits per heavy atom. The molecule has 1 N–H and O–H groups in total. The van der Waals surface area contributed by atoms with Crippen LogP contribution < -0.4 is 5.32 Å². The van der Waals surface area contributed by atoms with Crippen molar-refractivity contribution in [2.75, 3.05) is 13.6 Å². The number of alkyl carbamates (subject to hydrolysis) is 1. The topological polar surface area (TPSA) is 67.9 Å². The van der Waals surface area contributed by atoms with Crippen molar-refractivity contribution in [3.05, 3.63) is 35.9 Å². The van der Waals surface area contributed by atoms with E-state index in [2.05, 4.69) is 5.32 Å². The van der Waals surface area contributed by atoms with Crippen molar-refractivity contribution in [3.63, 3.8) is 0 Å². The van der Waals surface area contributed by atoms with Crippen LogP contribution in [0, 0.1) is 5.92 Å². The molecule has 1 saturated carbocycles. The number of rotatable bonds is 7. The fourth-order valence-electron chi connectivity index (χ4n) is 3.65. The lowest BCUT2D eigenvalue weighted by Crippen LogP contribution is -2.47. The van der Waals surface area contributed by atoms with E-state index in [1.54, 1.807) is 27.8 Å². The first-order valence-corrected chi connectivity index (χ1v) is 10.7. The van der Waals surface area contributed by atoms with Gasteiger partial charge in [-0.1, -0.05) is 30.3 Å². The summed E-state index contributed by atoms with van der Waals surface area (Å²) in [5.41, 5.74) is 0.298. The van der Waals surface area contributed by atoms with Crippen molar-refractivity contribution in [1.82, 2.24) is 10.2 Å². The number of hydrogen-bond acceptors (Lipinski definition) is 4. The second-order valence-corrected chi connectivity index (χ2v) is 9.12. The molecule has 1 aromatic carbocycles. The number of alkyl halides is 1. The molecule has 2 amide bonds. The average Bonchev–Trinajstić information content (AvgIpc) is 2.67. The van der Waals surface area contributed by atoms with Crippen molar-refractivity contribution < 1.29 is 23.5 Å². The molecular weight excluding hydrogens is 387 g/mol. The van der Waals surface area contributed by atoms with Gasteiger partial charge in [0, 0.05) is 13.6 Å². The van der Waals surface area contributed by atoms with E-state index in [0.29, 0.717) is 31.7 Å². The number of likely N-dealkylation sites (N-methyl/N-ethyl adjacent to an activating group) is 1. The Hall–Kier alpha value is -2.31. The van der Waals surface area contributed by atoms with Gasteiger partial charge in [-0.25, -0.2) is 14.0 Å². The lowest BCUT2D eigenvalue weighted by atomic mass is 9.84. The molecule has 0 spiro atoms. The highest BCUT2D eigenvalue weighted by molar-refractivity contribution is 5.69. The van der Waals surface area contributed by atoms with E-state index in [1.165, 1.54) is 4.90 Å². The van der Waals surface area contributed by atoms with E-state index >= 15 is 0 Å². The third kappa shape index (κ3) is 9.01. The Morgan fingerprint density at radius 1 is 1.17 bits per heavy atom. The van der Waals surface area contributed by atoms with Crippen molar-refractivity contribution in [1.29, 1.82) is 0 Å². The number of carbonyl (C=O) groups excluding carboxylic acids is 2. The van der Waals surface area contributed by atoms with Gasteiger partial charge in [0.2, 0.25) is 0 Å². The van der Waals surface area contributed by atoms with Crippen LogP contribution in [0.4, 0.5) is 14.0 Å². The molecule has 1 fully saturated rings. The van der Waals surface area contributed by atoms with E-state index < -0.39 is 24.0 Å². The average molecular weight is 423 g/mol. The smallest absolute Gasteiger partial charge is 0.409 e. The summed E-state index contributed by atoms with van der Waals surface area (Å²) < 4.78 is 24.2. The molecule has 1 aromatic rings. The van der Waals surface area contributed by atoms with Crippen LogP contribution in [0.2, 0.25) is 0 Å².